The summed E-state index contributed by atoms with van der Waals surface area (Å²) in [5.74, 6) is -0.0967. The molecule has 0 unspecified atom stereocenters. The summed E-state index contributed by atoms with van der Waals surface area (Å²) in [6.07, 6.45) is 0. The van der Waals surface area contributed by atoms with Crippen LogP contribution in [0.15, 0.2) is 49.8 Å². The van der Waals surface area contributed by atoms with Crippen molar-refractivity contribution >= 4 is 117 Å². The molecule has 0 heterocycles. The lowest BCUT2D eigenvalue weighted by molar-refractivity contribution is -0.119. The van der Waals surface area contributed by atoms with Crippen molar-refractivity contribution in [3.05, 3.63) is 83.2 Å². The van der Waals surface area contributed by atoms with Gasteiger partial charge in [-0.2, -0.15) is 0 Å². The van der Waals surface area contributed by atoms with Gasteiger partial charge < -0.3 is 20.0 Å². The molecule has 0 saturated carbocycles. The number of benzene rings is 3. The van der Waals surface area contributed by atoms with E-state index >= 15 is 0 Å². The van der Waals surface area contributed by atoms with Gasteiger partial charge >= 0.3 is 0 Å². The number of aryl methyl sites for hydroxylation is 6. The number of carbonyl (C=O) groups excluding carboxylic acids is 3. The van der Waals surface area contributed by atoms with Gasteiger partial charge in [-0.25, -0.2) is 0 Å². The number of likely N-dealkylation sites (N-methyl/N-ethyl adjacent to an activating group) is 2. The number of anilines is 3. The molecule has 2 amide bonds. The molecule has 13 heteroatoms. The Balaban J connectivity index is 0.000000655. The normalized spacial score (nSPS) is 10.0. The second-order valence-corrected chi connectivity index (χ2v) is 14.6. The highest BCUT2D eigenvalue weighted by molar-refractivity contribution is 9.11. The third-order valence-corrected chi connectivity index (χ3v) is 11.3. The van der Waals surface area contributed by atoms with Gasteiger partial charge in [-0.05, 0) is 137 Å². The number of halogens is 6. The minimum Gasteiger partial charge on any atom is -0.388 e. The van der Waals surface area contributed by atoms with E-state index < -0.39 is 5.24 Å². The summed E-state index contributed by atoms with van der Waals surface area (Å²) in [5.41, 5.74) is 10.0. The Morgan fingerprint density at radius 2 is 0.896 bits per heavy atom. The molecule has 3 aromatic rings. The molecule has 1 N–H and O–H groups in total. The van der Waals surface area contributed by atoms with Gasteiger partial charge in [0.15, 0.2) is 0 Å². The monoisotopic (exact) mass is 912 g/mol. The number of hydrogen-bond acceptors (Lipinski definition) is 5. The van der Waals surface area contributed by atoms with E-state index in [9.17, 15) is 14.4 Å². The Morgan fingerprint density at radius 3 is 1.15 bits per heavy atom. The summed E-state index contributed by atoms with van der Waals surface area (Å²) < 4.78 is 3.39. The highest BCUT2D eigenvalue weighted by atomic mass is 79.9. The van der Waals surface area contributed by atoms with E-state index in [0.29, 0.717) is 6.54 Å². The van der Waals surface area contributed by atoms with Gasteiger partial charge in [0.2, 0.25) is 17.1 Å². The summed E-state index contributed by atoms with van der Waals surface area (Å²) in [4.78, 5) is 37.9. The smallest absolute Gasteiger partial charge is 0.241 e. The Labute approximate surface area is 327 Å². The van der Waals surface area contributed by atoms with Crippen molar-refractivity contribution < 1.29 is 14.4 Å². The second-order valence-electron chi connectivity index (χ2n) is 11.2. The van der Waals surface area contributed by atoms with E-state index in [0.717, 1.165) is 42.6 Å². The van der Waals surface area contributed by atoms with Gasteiger partial charge in [-0.3, -0.25) is 14.4 Å². The Kier molecular flexibility index (Phi) is 22.1. The van der Waals surface area contributed by atoms with E-state index in [4.69, 9.17) is 34.8 Å². The van der Waals surface area contributed by atoms with Crippen LogP contribution in [0, 0.1) is 41.5 Å². The number of amides is 2. The Morgan fingerprint density at radius 1 is 0.604 bits per heavy atom. The molecular formula is C35H46Br3Cl3N4O3. The van der Waals surface area contributed by atoms with Crippen LogP contribution in [-0.4, -0.2) is 75.5 Å². The fraction of sp³-hybridized carbons (Fsp3) is 0.400. The first-order valence-electron chi connectivity index (χ1n) is 14.7. The fourth-order valence-electron chi connectivity index (χ4n) is 4.08. The van der Waals surface area contributed by atoms with Gasteiger partial charge in [0.05, 0.1) is 12.4 Å². The van der Waals surface area contributed by atoms with E-state index in [1.54, 1.807) is 16.8 Å². The van der Waals surface area contributed by atoms with Crippen LogP contribution < -0.4 is 15.1 Å². The average Bonchev–Trinajstić information content (AvgIpc) is 3.03. The first-order valence-corrected chi connectivity index (χ1v) is 18.5. The van der Waals surface area contributed by atoms with E-state index in [1.165, 1.54) is 21.3 Å². The van der Waals surface area contributed by atoms with Gasteiger partial charge in [-0.15, -0.1) is 23.2 Å². The molecule has 3 aromatic carbocycles. The molecule has 0 aromatic heterocycles. The molecule has 0 aliphatic rings. The van der Waals surface area contributed by atoms with Crippen LogP contribution in [0.1, 0.15) is 33.4 Å². The van der Waals surface area contributed by atoms with Crippen LogP contribution in [0.3, 0.4) is 0 Å². The molecule has 0 aliphatic carbocycles. The third kappa shape index (κ3) is 15.9. The maximum absolute atomic E-state index is 11.9. The van der Waals surface area contributed by atoms with E-state index in [1.807, 2.05) is 85.1 Å². The lowest BCUT2D eigenvalue weighted by atomic mass is 10.1. The SMILES string of the molecule is CNc1cc(C)c(Br)c(C)c1.Cc1cc(N(C)C(=O)CCl)cc(C)c1Br.Cc1cc(N(C)C(=O)CN(C)C)cc(C)c1Br.O=C(Cl)CCl. The number of nitrogens with one attached hydrogen (secondary N) is 1. The molecule has 0 atom stereocenters. The molecule has 0 spiro atoms. The van der Waals surface area contributed by atoms with Crippen LogP contribution in [0.5, 0.6) is 0 Å². The zero-order chi connectivity index (χ0) is 37.5. The predicted octanol–water partition coefficient (Wildman–Crippen LogP) is 9.96. The molecule has 0 radical (unpaired) electrons. The zero-order valence-electron chi connectivity index (χ0n) is 29.4. The summed E-state index contributed by atoms with van der Waals surface area (Å²) in [6, 6.07) is 12.2. The van der Waals surface area contributed by atoms with Crippen molar-refractivity contribution in [1.82, 2.24) is 4.90 Å². The van der Waals surface area contributed by atoms with E-state index in [-0.39, 0.29) is 23.6 Å². The molecule has 0 bridgehead atoms. The molecule has 0 fully saturated rings. The summed E-state index contributed by atoms with van der Waals surface area (Å²) in [7, 11) is 9.26. The first-order chi connectivity index (χ1) is 22.2. The minimum atomic E-state index is -0.508. The number of rotatable bonds is 7. The van der Waals surface area contributed by atoms with Crippen molar-refractivity contribution in [1.29, 1.82) is 0 Å². The van der Waals surface area contributed by atoms with Crippen molar-refractivity contribution in [2.75, 3.05) is 68.7 Å². The second kappa shape index (κ2) is 22.9. The molecule has 0 saturated heterocycles. The van der Waals surface area contributed by atoms with Crippen molar-refractivity contribution in [3.8, 4) is 0 Å². The van der Waals surface area contributed by atoms with Crippen molar-refractivity contribution in [2.45, 2.75) is 41.5 Å². The zero-order valence-corrected chi connectivity index (χ0v) is 36.4. The number of nitrogens with zero attached hydrogens (tertiary/aromatic N) is 3. The van der Waals surface area contributed by atoms with E-state index in [2.05, 4.69) is 79.1 Å². The molecule has 48 heavy (non-hydrogen) atoms. The largest absolute Gasteiger partial charge is 0.388 e. The molecule has 7 nitrogen and oxygen atoms in total. The van der Waals surface area contributed by atoms with Gasteiger partial charge in [0.25, 0.3) is 0 Å². The third-order valence-electron chi connectivity index (χ3n) is 6.76. The molecule has 0 aliphatic heterocycles. The number of carbonyl (C=O) groups is 3. The lowest BCUT2D eigenvalue weighted by Gasteiger charge is -2.21. The Hall–Kier alpha value is -1.66. The topological polar surface area (TPSA) is 73.0 Å². The average molecular weight is 917 g/mol. The highest BCUT2D eigenvalue weighted by Gasteiger charge is 2.14. The van der Waals surface area contributed by atoms with Crippen LogP contribution in [0.2, 0.25) is 0 Å². The van der Waals surface area contributed by atoms with Crippen molar-refractivity contribution in [3.63, 3.8) is 0 Å². The number of hydrogen-bond donors (Lipinski definition) is 1. The molecular weight excluding hydrogens is 870 g/mol. The Bertz CT molecular complexity index is 1490. The standard InChI is InChI=1S/C13H19BrN2O.C11H13BrClNO.C9H12BrN.C2H2Cl2O/c1-9-6-11(7-10(2)13(9)14)16(5)12(17)8-15(3)4;1-7-4-9(5-8(2)11(7)12)14(3)10(15)6-13;1-6-4-8(11-3)5-7(2)9(6)10;3-1-2(4)5/h6-7H,8H2,1-5H3;4-5H,6H2,1-3H3;4-5,11H,1-3H3;1H2. The van der Waals surface area contributed by atoms with Crippen LogP contribution >= 0.6 is 82.6 Å². The molecule has 3 rings (SSSR count). The maximum Gasteiger partial charge on any atom is 0.241 e. The number of alkyl halides is 2. The highest BCUT2D eigenvalue weighted by Crippen LogP contribution is 2.28. The van der Waals surface area contributed by atoms with Gasteiger partial charge in [0.1, 0.15) is 5.88 Å². The van der Waals surface area contributed by atoms with Crippen LogP contribution in [-0.2, 0) is 14.4 Å². The fourth-order valence-corrected chi connectivity index (χ4v) is 4.94. The van der Waals surface area contributed by atoms with Crippen LogP contribution in [0.25, 0.3) is 0 Å². The summed E-state index contributed by atoms with van der Waals surface area (Å²) >= 11 is 25.6. The summed E-state index contributed by atoms with van der Waals surface area (Å²) in [5, 5.41) is 2.61. The predicted molar refractivity (Wildman–Crippen MR) is 218 cm³/mol. The maximum atomic E-state index is 11.9. The lowest BCUT2D eigenvalue weighted by Crippen LogP contribution is -2.35. The van der Waals surface area contributed by atoms with Gasteiger partial charge in [0, 0.05) is 51.6 Å². The minimum absolute atomic E-state index is 0.00462. The summed E-state index contributed by atoms with van der Waals surface area (Å²) in [6.45, 7) is 12.7. The van der Waals surface area contributed by atoms with Crippen molar-refractivity contribution in [2.24, 2.45) is 0 Å². The van der Waals surface area contributed by atoms with Gasteiger partial charge in [-0.1, -0.05) is 47.8 Å². The molecule has 266 valence electrons. The first kappa shape index (κ1) is 46.3. The quantitative estimate of drug-likeness (QED) is 0.189. The van der Waals surface area contributed by atoms with Crippen LogP contribution in [0.4, 0.5) is 17.1 Å².